The number of benzene rings is 1. The van der Waals surface area contributed by atoms with Crippen molar-refractivity contribution in [2.45, 2.75) is 40.0 Å². The number of nitrogens with zero attached hydrogens (tertiary/aromatic N) is 1. The molecule has 2 heterocycles. The van der Waals surface area contributed by atoms with Crippen LogP contribution in [0.4, 0.5) is 13.2 Å². The highest BCUT2D eigenvalue weighted by molar-refractivity contribution is 7.19. The van der Waals surface area contributed by atoms with E-state index in [0.717, 1.165) is 32.8 Å². The van der Waals surface area contributed by atoms with Gasteiger partial charge in [-0.2, -0.15) is 13.2 Å². The zero-order valence-corrected chi connectivity index (χ0v) is 16.7. The first-order valence-electron chi connectivity index (χ1n) is 8.82. The molecule has 0 unspecified atom stereocenters. The molecule has 28 heavy (non-hydrogen) atoms. The van der Waals surface area contributed by atoms with Gasteiger partial charge in [-0.1, -0.05) is 23.8 Å². The van der Waals surface area contributed by atoms with E-state index in [0.29, 0.717) is 17.8 Å². The van der Waals surface area contributed by atoms with Crippen LogP contribution in [0.3, 0.4) is 0 Å². The minimum atomic E-state index is -4.40. The molecule has 2 aromatic heterocycles. The molecule has 0 bridgehead atoms. The second-order valence-electron chi connectivity index (χ2n) is 6.91. The van der Waals surface area contributed by atoms with E-state index in [9.17, 15) is 18.0 Å². The normalized spacial score (nSPS) is 11.6. The summed E-state index contributed by atoms with van der Waals surface area (Å²) in [5.41, 5.74) is 2.32. The first kappa shape index (κ1) is 20.2. The van der Waals surface area contributed by atoms with Crippen molar-refractivity contribution in [1.82, 2.24) is 9.88 Å². The van der Waals surface area contributed by atoms with E-state index < -0.39 is 11.7 Å². The predicted molar refractivity (Wildman–Crippen MR) is 107 cm³/mol. The van der Waals surface area contributed by atoms with Crippen molar-refractivity contribution in [1.29, 1.82) is 0 Å². The topological polar surface area (TPSA) is 34.0 Å². The van der Waals surface area contributed by atoms with Crippen molar-refractivity contribution in [3.05, 3.63) is 69.7 Å². The number of rotatable bonds is 5. The number of alkyl halides is 3. The lowest BCUT2D eigenvalue weighted by molar-refractivity contribution is -0.137. The number of aryl methyl sites for hydroxylation is 1. The maximum atomic E-state index is 12.9. The highest BCUT2D eigenvalue weighted by atomic mass is 32.1. The number of nitrogens with one attached hydrogen (secondary N) is 1. The second-order valence-corrected chi connectivity index (χ2v) is 8.20. The number of thiophene rings is 1. The highest BCUT2D eigenvalue weighted by Crippen LogP contribution is 2.30. The summed E-state index contributed by atoms with van der Waals surface area (Å²) in [7, 11) is 0. The molecular formula is C21H21F3N2OS. The first-order chi connectivity index (χ1) is 13.1. The smallest absolute Gasteiger partial charge is 0.347 e. The van der Waals surface area contributed by atoms with Crippen LogP contribution in [-0.4, -0.2) is 10.5 Å². The molecule has 0 aliphatic heterocycles. The van der Waals surface area contributed by atoms with Gasteiger partial charge in [-0.05, 0) is 50.6 Å². The number of hydrogen-bond donors (Lipinski definition) is 1. The van der Waals surface area contributed by atoms with Crippen LogP contribution < -0.4 is 5.32 Å². The van der Waals surface area contributed by atoms with E-state index in [2.05, 4.69) is 5.32 Å². The number of amides is 1. The fourth-order valence-electron chi connectivity index (χ4n) is 2.95. The Morgan fingerprint density at radius 2 is 1.96 bits per heavy atom. The van der Waals surface area contributed by atoms with E-state index in [4.69, 9.17) is 0 Å². The summed E-state index contributed by atoms with van der Waals surface area (Å²) in [5, 5.41) is 2.74. The molecule has 1 aromatic carbocycles. The first-order valence-corrected chi connectivity index (χ1v) is 9.64. The molecule has 148 valence electrons. The molecule has 0 saturated heterocycles. The molecule has 3 rings (SSSR count). The van der Waals surface area contributed by atoms with Gasteiger partial charge in [0.15, 0.2) is 0 Å². The summed E-state index contributed by atoms with van der Waals surface area (Å²) >= 11 is 1.61. The predicted octanol–water partition coefficient (Wildman–Crippen LogP) is 5.93. The second kappa shape index (κ2) is 7.83. The van der Waals surface area contributed by atoms with Gasteiger partial charge in [0, 0.05) is 18.0 Å². The van der Waals surface area contributed by atoms with Crippen molar-refractivity contribution >= 4 is 27.5 Å². The van der Waals surface area contributed by atoms with Crippen LogP contribution in [0.15, 0.2) is 48.0 Å². The quantitative estimate of drug-likeness (QED) is 0.524. The van der Waals surface area contributed by atoms with E-state index in [1.807, 2.05) is 43.5 Å². The summed E-state index contributed by atoms with van der Waals surface area (Å²) in [6.07, 6.45) is -2.36. The van der Waals surface area contributed by atoms with Crippen LogP contribution in [0.1, 0.15) is 40.3 Å². The maximum Gasteiger partial charge on any atom is 0.416 e. The lowest BCUT2D eigenvalue weighted by atomic mass is 10.1. The van der Waals surface area contributed by atoms with Crippen LogP contribution in [-0.2, 0) is 19.3 Å². The molecule has 3 aromatic rings. The zero-order valence-electron chi connectivity index (χ0n) is 15.9. The maximum absolute atomic E-state index is 12.9. The average Bonchev–Trinajstić information content (AvgIpc) is 3.13. The van der Waals surface area contributed by atoms with Crippen LogP contribution in [0, 0.1) is 6.92 Å². The molecule has 0 fully saturated rings. The number of fused-ring (bicyclic) bond motifs is 1. The highest BCUT2D eigenvalue weighted by Gasteiger charge is 2.30. The van der Waals surface area contributed by atoms with Crippen LogP contribution in [0.5, 0.6) is 0 Å². The van der Waals surface area contributed by atoms with Gasteiger partial charge in [0.05, 0.1) is 15.8 Å². The number of allylic oxidation sites excluding steroid dienone is 2. The van der Waals surface area contributed by atoms with Crippen molar-refractivity contribution in [3.8, 4) is 0 Å². The molecule has 1 amide bonds. The minimum Gasteiger partial charge on any atom is -0.347 e. The SMILES string of the molecule is CC(C)=CCn1c(C(=O)NCc2cccc(C(F)(F)F)c2)cc2sc(C)cc21. The Morgan fingerprint density at radius 3 is 2.64 bits per heavy atom. The molecular weight excluding hydrogens is 385 g/mol. The van der Waals surface area contributed by atoms with E-state index >= 15 is 0 Å². The Balaban J connectivity index is 1.83. The zero-order chi connectivity index (χ0) is 20.5. The van der Waals surface area contributed by atoms with Gasteiger partial charge in [-0.15, -0.1) is 11.3 Å². The minimum absolute atomic E-state index is 0.0310. The van der Waals surface area contributed by atoms with Gasteiger partial charge in [0.1, 0.15) is 5.69 Å². The van der Waals surface area contributed by atoms with Gasteiger partial charge >= 0.3 is 6.18 Å². The number of halogens is 3. The van der Waals surface area contributed by atoms with Crippen molar-refractivity contribution in [2.24, 2.45) is 0 Å². The monoisotopic (exact) mass is 406 g/mol. The Kier molecular flexibility index (Phi) is 5.65. The molecule has 0 atom stereocenters. The Labute approximate surface area is 165 Å². The van der Waals surface area contributed by atoms with Crippen LogP contribution in [0.2, 0.25) is 0 Å². The third-order valence-corrected chi connectivity index (χ3v) is 5.32. The Bertz CT molecular complexity index is 1040. The standard InChI is InChI=1S/C21H21F3N2OS/c1-13(2)7-8-26-17-9-14(3)28-19(17)11-18(26)20(27)25-12-15-5-4-6-16(10-15)21(22,23)24/h4-7,9-11H,8,12H2,1-3H3,(H,25,27). The van der Waals surface area contributed by atoms with Crippen molar-refractivity contribution in [3.63, 3.8) is 0 Å². The van der Waals surface area contributed by atoms with Gasteiger partial charge in [-0.25, -0.2) is 0 Å². The summed E-state index contributed by atoms with van der Waals surface area (Å²) in [6, 6.07) is 8.88. The fourth-order valence-corrected chi connectivity index (χ4v) is 3.92. The number of aromatic nitrogens is 1. The van der Waals surface area contributed by atoms with Gasteiger partial charge in [0.25, 0.3) is 5.91 Å². The van der Waals surface area contributed by atoms with Gasteiger partial charge < -0.3 is 9.88 Å². The van der Waals surface area contributed by atoms with Crippen molar-refractivity contribution < 1.29 is 18.0 Å². The number of hydrogen-bond acceptors (Lipinski definition) is 2. The molecule has 0 saturated carbocycles. The molecule has 0 aliphatic carbocycles. The molecule has 1 N–H and O–H groups in total. The van der Waals surface area contributed by atoms with E-state index in [1.54, 1.807) is 17.4 Å². The van der Waals surface area contributed by atoms with E-state index in [-0.39, 0.29) is 12.5 Å². The molecule has 0 aliphatic rings. The third-order valence-electron chi connectivity index (χ3n) is 4.33. The lowest BCUT2D eigenvalue weighted by Crippen LogP contribution is -2.25. The van der Waals surface area contributed by atoms with Gasteiger partial charge in [-0.3, -0.25) is 4.79 Å². The molecule has 7 heteroatoms. The Hall–Kier alpha value is -2.54. The van der Waals surface area contributed by atoms with Crippen molar-refractivity contribution in [2.75, 3.05) is 0 Å². The summed E-state index contributed by atoms with van der Waals surface area (Å²) in [4.78, 5) is 13.9. The average molecular weight is 406 g/mol. The number of carbonyl (C=O) groups is 1. The molecule has 3 nitrogen and oxygen atoms in total. The summed E-state index contributed by atoms with van der Waals surface area (Å²) in [6.45, 7) is 6.60. The van der Waals surface area contributed by atoms with Crippen LogP contribution in [0.25, 0.3) is 10.2 Å². The largest absolute Gasteiger partial charge is 0.416 e. The summed E-state index contributed by atoms with van der Waals surface area (Å²) < 4.78 is 41.5. The number of carbonyl (C=O) groups excluding carboxylic acids is 1. The van der Waals surface area contributed by atoms with Crippen LogP contribution >= 0.6 is 11.3 Å². The molecule has 0 radical (unpaired) electrons. The van der Waals surface area contributed by atoms with E-state index in [1.165, 1.54) is 6.07 Å². The third kappa shape index (κ3) is 4.47. The fraction of sp³-hybridized carbons (Fsp3) is 0.286. The van der Waals surface area contributed by atoms with Gasteiger partial charge in [0.2, 0.25) is 0 Å². The lowest BCUT2D eigenvalue weighted by Gasteiger charge is -2.11. The molecule has 0 spiro atoms. The summed E-state index contributed by atoms with van der Waals surface area (Å²) in [5.74, 6) is -0.305. The Morgan fingerprint density at radius 1 is 1.21 bits per heavy atom.